The van der Waals surface area contributed by atoms with Gasteiger partial charge in [-0.1, -0.05) is 18.2 Å². The molecule has 1 aliphatic rings. The Bertz CT molecular complexity index is 1040. The number of benzene rings is 1. The largest absolute Gasteiger partial charge is 0.508 e. The maximum atomic E-state index is 12.6. The number of nitrogens with zero attached hydrogens (tertiary/aromatic N) is 3. The highest BCUT2D eigenvalue weighted by molar-refractivity contribution is 7.13. The van der Waals surface area contributed by atoms with Crippen molar-refractivity contribution in [3.05, 3.63) is 69.8 Å². The van der Waals surface area contributed by atoms with Crippen LogP contribution in [0.5, 0.6) is 5.75 Å². The summed E-state index contributed by atoms with van der Waals surface area (Å²) in [5, 5.41) is 16.1. The van der Waals surface area contributed by atoms with Gasteiger partial charge in [0.2, 0.25) is 5.91 Å². The van der Waals surface area contributed by atoms with Crippen molar-refractivity contribution < 1.29 is 9.90 Å². The number of rotatable bonds is 5. The Balaban J connectivity index is 1.35. The Labute approximate surface area is 173 Å². The van der Waals surface area contributed by atoms with Crippen molar-refractivity contribution in [3.63, 3.8) is 0 Å². The SMILES string of the molecule is O=C(Cc1cccc(O)c1)N1CCC(Cn2nc(-c3cccs3)ccc2=O)CC1. The molecule has 150 valence electrons. The van der Waals surface area contributed by atoms with Crippen LogP contribution in [0.2, 0.25) is 0 Å². The molecule has 1 amide bonds. The Kier molecular flexibility index (Phi) is 5.76. The lowest BCUT2D eigenvalue weighted by Crippen LogP contribution is -2.41. The van der Waals surface area contributed by atoms with Gasteiger partial charge >= 0.3 is 0 Å². The van der Waals surface area contributed by atoms with Crippen molar-refractivity contribution >= 4 is 17.2 Å². The lowest BCUT2D eigenvalue weighted by molar-refractivity contribution is -0.131. The van der Waals surface area contributed by atoms with Gasteiger partial charge < -0.3 is 10.0 Å². The van der Waals surface area contributed by atoms with Gasteiger partial charge in [0.1, 0.15) is 11.4 Å². The number of thiophene rings is 1. The lowest BCUT2D eigenvalue weighted by Gasteiger charge is -2.32. The summed E-state index contributed by atoms with van der Waals surface area (Å²) in [5.74, 6) is 0.573. The average Bonchev–Trinajstić information content (AvgIpc) is 3.25. The van der Waals surface area contributed by atoms with E-state index in [4.69, 9.17) is 0 Å². The number of hydrogen-bond acceptors (Lipinski definition) is 5. The second-order valence-electron chi connectivity index (χ2n) is 7.39. The van der Waals surface area contributed by atoms with Crippen molar-refractivity contribution in [1.29, 1.82) is 0 Å². The zero-order valence-corrected chi connectivity index (χ0v) is 16.8. The molecule has 2 aromatic heterocycles. The quantitative estimate of drug-likeness (QED) is 0.702. The predicted octanol–water partition coefficient (Wildman–Crippen LogP) is 3.16. The average molecular weight is 410 g/mol. The first-order chi connectivity index (χ1) is 14.1. The zero-order chi connectivity index (χ0) is 20.2. The third kappa shape index (κ3) is 4.74. The molecule has 0 bridgehead atoms. The van der Waals surface area contributed by atoms with Gasteiger partial charge in [-0.2, -0.15) is 5.10 Å². The van der Waals surface area contributed by atoms with Crippen LogP contribution in [0.15, 0.2) is 58.7 Å². The number of aromatic hydroxyl groups is 1. The second-order valence-corrected chi connectivity index (χ2v) is 8.33. The molecule has 1 aliphatic heterocycles. The summed E-state index contributed by atoms with van der Waals surface area (Å²) in [4.78, 5) is 27.7. The Morgan fingerprint density at radius 2 is 1.97 bits per heavy atom. The first-order valence-electron chi connectivity index (χ1n) is 9.76. The normalized spacial score (nSPS) is 14.8. The Morgan fingerprint density at radius 1 is 1.14 bits per heavy atom. The van der Waals surface area contributed by atoms with E-state index in [2.05, 4.69) is 5.10 Å². The number of piperidine rings is 1. The Morgan fingerprint density at radius 3 is 2.69 bits per heavy atom. The standard InChI is InChI=1S/C22H23N3O3S/c26-18-4-1-3-17(13-18)14-22(28)24-10-8-16(9-11-24)15-25-21(27)7-6-19(23-25)20-5-2-12-29-20/h1-7,12-13,16,26H,8-11,14-15H2. The number of aromatic nitrogens is 2. The van der Waals surface area contributed by atoms with Crippen LogP contribution in [-0.2, 0) is 17.8 Å². The van der Waals surface area contributed by atoms with Crippen LogP contribution in [0.1, 0.15) is 18.4 Å². The van der Waals surface area contributed by atoms with E-state index in [1.165, 1.54) is 0 Å². The van der Waals surface area contributed by atoms with E-state index >= 15 is 0 Å². The van der Waals surface area contributed by atoms with E-state index in [-0.39, 0.29) is 17.2 Å². The molecule has 4 rings (SSSR count). The van der Waals surface area contributed by atoms with E-state index < -0.39 is 0 Å². The highest BCUT2D eigenvalue weighted by Crippen LogP contribution is 2.23. The molecule has 1 aromatic carbocycles. The zero-order valence-electron chi connectivity index (χ0n) is 16.0. The van der Waals surface area contributed by atoms with Gasteiger partial charge in [-0.05, 0) is 54.0 Å². The smallest absolute Gasteiger partial charge is 0.266 e. The number of phenolic OH excluding ortho intramolecular Hbond substituents is 1. The van der Waals surface area contributed by atoms with Crippen molar-refractivity contribution in [2.24, 2.45) is 5.92 Å². The minimum absolute atomic E-state index is 0.0732. The van der Waals surface area contributed by atoms with Crippen LogP contribution in [0.3, 0.4) is 0 Å². The second kappa shape index (κ2) is 8.61. The van der Waals surface area contributed by atoms with E-state index in [0.717, 1.165) is 29.0 Å². The Hall–Kier alpha value is -2.93. The molecule has 0 aliphatic carbocycles. The number of hydrogen-bond donors (Lipinski definition) is 1. The molecule has 0 atom stereocenters. The molecule has 6 nitrogen and oxygen atoms in total. The molecule has 0 saturated carbocycles. The first kappa shape index (κ1) is 19.4. The maximum Gasteiger partial charge on any atom is 0.266 e. The lowest BCUT2D eigenvalue weighted by atomic mass is 9.96. The van der Waals surface area contributed by atoms with Gasteiger partial charge in [0, 0.05) is 25.7 Å². The first-order valence-corrected chi connectivity index (χ1v) is 10.6. The molecule has 1 N–H and O–H groups in total. The fourth-order valence-corrected chi connectivity index (χ4v) is 4.39. The van der Waals surface area contributed by atoms with E-state index in [0.29, 0.717) is 32.0 Å². The predicted molar refractivity (Wildman–Crippen MR) is 113 cm³/mol. The minimum atomic E-state index is -0.0901. The van der Waals surface area contributed by atoms with E-state index in [9.17, 15) is 14.7 Å². The van der Waals surface area contributed by atoms with Gasteiger partial charge in [0.25, 0.3) is 5.56 Å². The molecule has 1 fully saturated rings. The molecule has 1 saturated heterocycles. The molecule has 7 heteroatoms. The molecule has 0 spiro atoms. The third-order valence-electron chi connectivity index (χ3n) is 5.30. The fourth-order valence-electron chi connectivity index (χ4n) is 3.70. The number of likely N-dealkylation sites (tertiary alicyclic amines) is 1. The number of carbonyl (C=O) groups is 1. The fraction of sp³-hybridized carbons (Fsp3) is 0.318. The van der Waals surface area contributed by atoms with Crippen molar-refractivity contribution in [2.75, 3.05) is 13.1 Å². The van der Waals surface area contributed by atoms with Crippen LogP contribution in [0.4, 0.5) is 0 Å². The highest BCUT2D eigenvalue weighted by Gasteiger charge is 2.23. The minimum Gasteiger partial charge on any atom is -0.508 e. The number of amides is 1. The van der Waals surface area contributed by atoms with Gasteiger partial charge in [0.05, 0.1) is 11.3 Å². The number of carbonyl (C=O) groups excluding carboxylic acids is 1. The highest BCUT2D eigenvalue weighted by atomic mass is 32.1. The summed E-state index contributed by atoms with van der Waals surface area (Å²) >= 11 is 1.60. The summed E-state index contributed by atoms with van der Waals surface area (Å²) in [6, 6.07) is 14.1. The summed E-state index contributed by atoms with van der Waals surface area (Å²) < 4.78 is 1.56. The van der Waals surface area contributed by atoms with Crippen LogP contribution in [0.25, 0.3) is 10.6 Å². The van der Waals surface area contributed by atoms with Gasteiger partial charge in [0.15, 0.2) is 0 Å². The topological polar surface area (TPSA) is 75.4 Å². The molecule has 0 radical (unpaired) electrons. The monoisotopic (exact) mass is 409 g/mol. The number of phenols is 1. The molecular weight excluding hydrogens is 386 g/mol. The van der Waals surface area contributed by atoms with Crippen LogP contribution < -0.4 is 5.56 Å². The summed E-state index contributed by atoms with van der Waals surface area (Å²) in [6.07, 6.45) is 2.00. The molecule has 3 heterocycles. The molecular formula is C22H23N3O3S. The molecule has 0 unspecified atom stereocenters. The summed E-state index contributed by atoms with van der Waals surface area (Å²) in [7, 11) is 0. The van der Waals surface area contributed by atoms with Crippen LogP contribution >= 0.6 is 11.3 Å². The summed E-state index contributed by atoms with van der Waals surface area (Å²) in [6.45, 7) is 1.94. The van der Waals surface area contributed by atoms with Crippen molar-refractivity contribution in [3.8, 4) is 16.3 Å². The van der Waals surface area contributed by atoms with E-state index in [1.807, 2.05) is 28.5 Å². The van der Waals surface area contributed by atoms with Gasteiger partial charge in [-0.3, -0.25) is 9.59 Å². The van der Waals surface area contributed by atoms with Crippen molar-refractivity contribution in [1.82, 2.24) is 14.7 Å². The van der Waals surface area contributed by atoms with Gasteiger partial charge in [-0.15, -0.1) is 11.3 Å². The van der Waals surface area contributed by atoms with Crippen LogP contribution in [-0.4, -0.2) is 38.8 Å². The van der Waals surface area contributed by atoms with Gasteiger partial charge in [-0.25, -0.2) is 4.68 Å². The molecule has 3 aromatic rings. The van der Waals surface area contributed by atoms with E-state index in [1.54, 1.807) is 46.4 Å². The molecule has 29 heavy (non-hydrogen) atoms. The maximum absolute atomic E-state index is 12.6. The van der Waals surface area contributed by atoms with Crippen LogP contribution in [0, 0.1) is 5.92 Å². The summed E-state index contributed by atoms with van der Waals surface area (Å²) in [5.41, 5.74) is 1.55. The third-order valence-corrected chi connectivity index (χ3v) is 6.20. The van der Waals surface area contributed by atoms with Crippen molar-refractivity contribution in [2.45, 2.75) is 25.8 Å².